The molecular weight excluding hydrogens is 405 g/mol. The number of fused-ring (bicyclic) bond motifs is 1. The van der Waals surface area contributed by atoms with Crippen molar-refractivity contribution in [1.82, 2.24) is 9.73 Å². The van der Waals surface area contributed by atoms with Gasteiger partial charge in [-0.1, -0.05) is 19.3 Å². The number of carbonyl (C=O) groups is 1. The van der Waals surface area contributed by atoms with E-state index in [0.29, 0.717) is 28.9 Å². The molecule has 2 unspecified atom stereocenters. The summed E-state index contributed by atoms with van der Waals surface area (Å²) in [6.07, 6.45) is 5.30. The van der Waals surface area contributed by atoms with Crippen LogP contribution in [-0.4, -0.2) is 27.0 Å². The second-order valence-corrected chi connectivity index (χ2v) is 9.31. The minimum atomic E-state index is -1.48. The predicted molar refractivity (Wildman–Crippen MR) is 112 cm³/mol. The molecule has 1 saturated carbocycles. The first-order chi connectivity index (χ1) is 14.6. The fourth-order valence-electron chi connectivity index (χ4n) is 4.65. The van der Waals surface area contributed by atoms with E-state index in [1.165, 1.54) is 18.6 Å². The van der Waals surface area contributed by atoms with Crippen molar-refractivity contribution in [2.45, 2.75) is 43.0 Å². The van der Waals surface area contributed by atoms with Crippen LogP contribution < -0.4 is 16.0 Å². The summed E-state index contributed by atoms with van der Waals surface area (Å²) in [5.74, 6) is 6.61. The Morgan fingerprint density at radius 1 is 1.03 bits per heavy atom. The number of benzene rings is 2. The van der Waals surface area contributed by atoms with Crippen LogP contribution in [-0.2, 0) is 15.8 Å². The topological polar surface area (TPSA) is 84.7 Å². The SMILES string of the molecule is NNC(=O)C1[C@H]2CCCC[C@H]2CCN1S(=O)c1ccc(Oc2ccc(F)cc2)cc1. The van der Waals surface area contributed by atoms with Crippen LogP contribution in [0, 0.1) is 17.7 Å². The summed E-state index contributed by atoms with van der Waals surface area (Å²) < 4.78 is 33.9. The minimum Gasteiger partial charge on any atom is -0.457 e. The zero-order chi connectivity index (χ0) is 21.1. The Balaban J connectivity index is 1.50. The van der Waals surface area contributed by atoms with Crippen LogP contribution in [0.25, 0.3) is 0 Å². The molecule has 8 heteroatoms. The Morgan fingerprint density at radius 2 is 1.67 bits per heavy atom. The zero-order valence-corrected chi connectivity index (χ0v) is 17.4. The first-order valence-electron chi connectivity index (χ1n) is 10.3. The molecule has 1 heterocycles. The average Bonchev–Trinajstić information content (AvgIpc) is 2.79. The van der Waals surface area contributed by atoms with E-state index in [1.807, 2.05) is 0 Å². The lowest BCUT2D eigenvalue weighted by atomic mass is 9.71. The summed E-state index contributed by atoms with van der Waals surface area (Å²) in [4.78, 5) is 13.2. The summed E-state index contributed by atoms with van der Waals surface area (Å²) in [7, 11) is -1.48. The first-order valence-corrected chi connectivity index (χ1v) is 11.4. The summed E-state index contributed by atoms with van der Waals surface area (Å²) in [6, 6.07) is 12.2. The van der Waals surface area contributed by atoms with E-state index in [4.69, 9.17) is 10.6 Å². The number of piperidine rings is 1. The van der Waals surface area contributed by atoms with Gasteiger partial charge in [0.25, 0.3) is 5.91 Å². The molecule has 2 aromatic carbocycles. The molecule has 4 atom stereocenters. The van der Waals surface area contributed by atoms with Crippen molar-refractivity contribution >= 4 is 16.9 Å². The van der Waals surface area contributed by atoms with E-state index in [2.05, 4.69) is 5.43 Å². The van der Waals surface area contributed by atoms with Crippen molar-refractivity contribution in [2.24, 2.45) is 17.7 Å². The lowest BCUT2D eigenvalue weighted by Crippen LogP contribution is -2.58. The molecule has 0 radical (unpaired) electrons. The van der Waals surface area contributed by atoms with Gasteiger partial charge in [-0.25, -0.2) is 18.7 Å². The minimum absolute atomic E-state index is 0.182. The van der Waals surface area contributed by atoms with E-state index in [0.717, 1.165) is 25.7 Å². The number of hydrazine groups is 1. The van der Waals surface area contributed by atoms with Crippen molar-refractivity contribution < 1.29 is 18.1 Å². The molecule has 160 valence electrons. The second-order valence-electron chi connectivity index (χ2n) is 7.87. The molecule has 30 heavy (non-hydrogen) atoms. The number of hydrogen-bond acceptors (Lipinski definition) is 4. The van der Waals surface area contributed by atoms with Crippen molar-refractivity contribution in [3.8, 4) is 11.5 Å². The lowest BCUT2D eigenvalue weighted by Gasteiger charge is -2.45. The van der Waals surface area contributed by atoms with Gasteiger partial charge in [-0.3, -0.25) is 10.2 Å². The maximum Gasteiger partial charge on any atom is 0.252 e. The average molecular weight is 432 g/mol. The number of halogens is 1. The van der Waals surface area contributed by atoms with Crippen LogP contribution in [0.4, 0.5) is 4.39 Å². The molecule has 4 rings (SSSR count). The summed E-state index contributed by atoms with van der Waals surface area (Å²) in [6.45, 7) is 0.597. The number of nitrogens with two attached hydrogens (primary N) is 1. The van der Waals surface area contributed by atoms with Gasteiger partial charge in [0.2, 0.25) is 0 Å². The van der Waals surface area contributed by atoms with Gasteiger partial charge >= 0.3 is 0 Å². The molecular formula is C22H26FN3O3S. The van der Waals surface area contributed by atoms with Gasteiger partial charge in [0.1, 0.15) is 34.3 Å². The molecule has 6 nitrogen and oxygen atoms in total. The van der Waals surface area contributed by atoms with Gasteiger partial charge in [0.05, 0.1) is 4.90 Å². The maximum absolute atomic E-state index is 13.3. The third kappa shape index (κ3) is 4.40. The largest absolute Gasteiger partial charge is 0.457 e. The van der Waals surface area contributed by atoms with Gasteiger partial charge in [-0.2, -0.15) is 0 Å². The van der Waals surface area contributed by atoms with Crippen LogP contribution in [0.3, 0.4) is 0 Å². The number of rotatable bonds is 5. The van der Waals surface area contributed by atoms with E-state index in [1.54, 1.807) is 40.7 Å². The van der Waals surface area contributed by atoms with Crippen LogP contribution in [0.15, 0.2) is 53.4 Å². The molecule has 1 amide bonds. The molecule has 1 aliphatic heterocycles. The third-order valence-corrected chi connectivity index (χ3v) is 7.61. The zero-order valence-electron chi connectivity index (χ0n) is 16.6. The number of nitrogens with zero attached hydrogens (tertiary/aromatic N) is 1. The monoisotopic (exact) mass is 431 g/mol. The molecule has 0 spiro atoms. The predicted octanol–water partition coefficient (Wildman–Crippen LogP) is 3.51. The Labute approximate surface area is 178 Å². The van der Waals surface area contributed by atoms with Crippen LogP contribution in [0.1, 0.15) is 32.1 Å². The van der Waals surface area contributed by atoms with Gasteiger partial charge in [0, 0.05) is 6.54 Å². The Hall–Kier alpha value is -2.29. The number of carbonyl (C=O) groups excluding carboxylic acids is 1. The van der Waals surface area contributed by atoms with Crippen molar-refractivity contribution in [3.63, 3.8) is 0 Å². The van der Waals surface area contributed by atoms with E-state index in [-0.39, 0.29) is 17.6 Å². The van der Waals surface area contributed by atoms with Crippen LogP contribution in [0.2, 0.25) is 0 Å². The van der Waals surface area contributed by atoms with E-state index >= 15 is 0 Å². The number of ether oxygens (including phenoxy) is 1. The number of nitrogens with one attached hydrogen (secondary N) is 1. The Bertz CT molecular complexity index is 907. The van der Waals surface area contributed by atoms with Crippen molar-refractivity contribution in [2.75, 3.05) is 6.54 Å². The standard InChI is InChI=1S/C22H26FN3O3S/c23-16-5-7-17(8-6-16)29-18-9-11-19(12-10-18)30(28)26-14-13-15-3-1-2-4-20(15)21(26)22(27)25-24/h5-12,15,20-21H,1-4,13-14,24H2,(H,25,27)/t15-,20-,21?,30?/m0/s1. The van der Waals surface area contributed by atoms with Crippen molar-refractivity contribution in [3.05, 3.63) is 54.3 Å². The highest BCUT2D eigenvalue weighted by molar-refractivity contribution is 7.82. The normalized spacial score (nSPS) is 25.2. The van der Waals surface area contributed by atoms with Crippen LogP contribution in [0.5, 0.6) is 11.5 Å². The summed E-state index contributed by atoms with van der Waals surface area (Å²) in [5, 5.41) is 0. The molecule has 0 aromatic heterocycles. The molecule has 2 fully saturated rings. The fraction of sp³-hybridized carbons (Fsp3) is 0.409. The third-order valence-electron chi connectivity index (χ3n) is 6.10. The van der Waals surface area contributed by atoms with E-state index < -0.39 is 17.0 Å². The van der Waals surface area contributed by atoms with E-state index in [9.17, 15) is 13.4 Å². The van der Waals surface area contributed by atoms with Crippen molar-refractivity contribution in [1.29, 1.82) is 0 Å². The van der Waals surface area contributed by atoms with Gasteiger partial charge in [-0.15, -0.1) is 0 Å². The van der Waals surface area contributed by atoms with Gasteiger partial charge in [-0.05, 0) is 73.2 Å². The molecule has 0 bridgehead atoms. The molecule has 1 aliphatic carbocycles. The number of amides is 1. The highest BCUT2D eigenvalue weighted by atomic mass is 32.2. The summed E-state index contributed by atoms with van der Waals surface area (Å²) in [5.41, 5.74) is 2.28. The first kappa shape index (κ1) is 21.0. The quantitative estimate of drug-likeness (QED) is 0.431. The molecule has 2 aliphatic rings. The second kappa shape index (κ2) is 9.24. The highest BCUT2D eigenvalue weighted by Crippen LogP contribution is 2.41. The number of hydrogen-bond donors (Lipinski definition) is 2. The molecule has 1 saturated heterocycles. The maximum atomic E-state index is 13.3. The van der Waals surface area contributed by atoms with Gasteiger partial charge in [0.15, 0.2) is 0 Å². The summed E-state index contributed by atoms with van der Waals surface area (Å²) >= 11 is 0. The van der Waals surface area contributed by atoms with Crippen LogP contribution >= 0.6 is 0 Å². The highest BCUT2D eigenvalue weighted by Gasteiger charge is 2.45. The molecule has 3 N–H and O–H groups in total. The smallest absolute Gasteiger partial charge is 0.252 e. The Morgan fingerprint density at radius 3 is 2.33 bits per heavy atom. The fourth-order valence-corrected chi connectivity index (χ4v) is 6.02. The lowest BCUT2D eigenvalue weighted by molar-refractivity contribution is -0.129. The molecule has 2 aromatic rings. The Kier molecular flexibility index (Phi) is 6.46. The van der Waals surface area contributed by atoms with Gasteiger partial charge < -0.3 is 4.74 Å².